The van der Waals surface area contributed by atoms with Gasteiger partial charge in [-0.05, 0) is 64.2 Å². The van der Waals surface area contributed by atoms with Crippen LogP contribution in [0.1, 0.15) is 310 Å². The number of unbranched alkanes of at least 4 members (excludes halogenated alkanes) is 34. The van der Waals surface area contributed by atoms with Crippen LogP contribution in [0.3, 0.4) is 0 Å². The van der Waals surface area contributed by atoms with Crippen molar-refractivity contribution in [3.05, 3.63) is 60.8 Å². The highest BCUT2D eigenvalue weighted by atomic mass is 16.6. The molecule has 0 N–H and O–H groups in total. The quantitative estimate of drug-likeness (QED) is 0.0261. The van der Waals surface area contributed by atoms with E-state index in [0.29, 0.717) is 19.3 Å². The Kier molecular flexibility index (Phi) is 56.3. The van der Waals surface area contributed by atoms with Gasteiger partial charge in [0, 0.05) is 19.3 Å². The molecule has 70 heavy (non-hydrogen) atoms. The van der Waals surface area contributed by atoms with Crippen molar-refractivity contribution in [2.45, 2.75) is 316 Å². The molecular weight excluding hydrogens is 865 g/mol. The van der Waals surface area contributed by atoms with Crippen molar-refractivity contribution < 1.29 is 28.6 Å². The first-order valence-electron chi connectivity index (χ1n) is 30.3. The second kappa shape index (κ2) is 58.7. The molecule has 6 heteroatoms. The summed E-state index contributed by atoms with van der Waals surface area (Å²) in [4.78, 5) is 38.2. The Morgan fingerprint density at radius 3 is 0.871 bits per heavy atom. The van der Waals surface area contributed by atoms with Crippen LogP contribution in [0, 0.1) is 0 Å². The fourth-order valence-electron chi connectivity index (χ4n) is 8.77. The SMILES string of the molecule is CC/C=C\C/C=C\C/C=C\C/C=C\C/C=C\CCCCCCCC(=O)OCC(COC(=O)CCCCCCCCCCCCC)OC(=O)CCCCCCCCCCCCCCCCCCCCCC. The zero-order valence-electron chi connectivity index (χ0n) is 46.5. The minimum absolute atomic E-state index is 0.0764. The van der Waals surface area contributed by atoms with Crippen LogP contribution in [-0.2, 0) is 28.6 Å². The molecule has 406 valence electrons. The maximum Gasteiger partial charge on any atom is 0.306 e. The summed E-state index contributed by atoms with van der Waals surface area (Å²) in [5.74, 6) is -0.880. The smallest absolute Gasteiger partial charge is 0.306 e. The molecule has 0 amide bonds. The molecule has 0 radical (unpaired) electrons. The third-order valence-corrected chi connectivity index (χ3v) is 13.3. The molecule has 0 heterocycles. The Morgan fingerprint density at radius 2 is 0.557 bits per heavy atom. The summed E-state index contributed by atoms with van der Waals surface area (Å²) in [6.07, 6.45) is 73.6. The predicted octanol–water partition coefficient (Wildman–Crippen LogP) is 20.4. The van der Waals surface area contributed by atoms with E-state index in [1.807, 2.05) is 0 Å². The molecule has 0 rings (SSSR count). The number of rotatable bonds is 55. The number of esters is 3. The van der Waals surface area contributed by atoms with Crippen molar-refractivity contribution in [3.8, 4) is 0 Å². The van der Waals surface area contributed by atoms with Crippen molar-refractivity contribution in [2.24, 2.45) is 0 Å². The second-order valence-electron chi connectivity index (χ2n) is 20.2. The van der Waals surface area contributed by atoms with E-state index >= 15 is 0 Å². The first-order valence-corrected chi connectivity index (χ1v) is 30.3. The molecule has 0 aromatic carbocycles. The molecule has 1 atom stereocenters. The number of hydrogen-bond donors (Lipinski definition) is 0. The summed E-state index contributed by atoms with van der Waals surface area (Å²) in [5, 5.41) is 0. The lowest BCUT2D eigenvalue weighted by Crippen LogP contribution is -2.30. The van der Waals surface area contributed by atoms with Crippen LogP contribution >= 0.6 is 0 Å². The van der Waals surface area contributed by atoms with Crippen LogP contribution in [0.2, 0.25) is 0 Å². The highest BCUT2D eigenvalue weighted by Crippen LogP contribution is 2.17. The Balaban J connectivity index is 4.32. The van der Waals surface area contributed by atoms with Gasteiger partial charge in [-0.1, -0.05) is 287 Å². The van der Waals surface area contributed by atoms with E-state index < -0.39 is 6.10 Å². The van der Waals surface area contributed by atoms with E-state index in [9.17, 15) is 14.4 Å². The van der Waals surface area contributed by atoms with E-state index in [-0.39, 0.29) is 31.1 Å². The van der Waals surface area contributed by atoms with Crippen molar-refractivity contribution in [2.75, 3.05) is 13.2 Å². The maximum absolute atomic E-state index is 12.9. The minimum atomic E-state index is -0.779. The zero-order chi connectivity index (χ0) is 50.7. The van der Waals surface area contributed by atoms with Crippen molar-refractivity contribution in [3.63, 3.8) is 0 Å². The van der Waals surface area contributed by atoms with E-state index in [4.69, 9.17) is 14.2 Å². The van der Waals surface area contributed by atoms with Gasteiger partial charge in [-0.3, -0.25) is 14.4 Å². The first-order chi connectivity index (χ1) is 34.5. The average molecular weight is 980 g/mol. The summed E-state index contributed by atoms with van der Waals surface area (Å²) >= 11 is 0. The summed E-state index contributed by atoms with van der Waals surface area (Å²) < 4.78 is 16.9. The Hall–Kier alpha value is -2.89. The number of allylic oxidation sites excluding steroid dienone is 10. The Morgan fingerprint density at radius 1 is 0.300 bits per heavy atom. The van der Waals surface area contributed by atoms with Gasteiger partial charge in [0.1, 0.15) is 13.2 Å². The van der Waals surface area contributed by atoms with Crippen LogP contribution in [0.15, 0.2) is 60.8 Å². The minimum Gasteiger partial charge on any atom is -0.462 e. The lowest BCUT2D eigenvalue weighted by Gasteiger charge is -2.18. The molecule has 0 aliphatic carbocycles. The highest BCUT2D eigenvalue weighted by molar-refractivity contribution is 5.71. The largest absolute Gasteiger partial charge is 0.462 e. The fourth-order valence-corrected chi connectivity index (χ4v) is 8.77. The summed E-state index contributed by atoms with van der Waals surface area (Å²) in [5.41, 5.74) is 0. The molecule has 0 spiro atoms. The topological polar surface area (TPSA) is 78.9 Å². The van der Waals surface area contributed by atoms with Gasteiger partial charge in [0.25, 0.3) is 0 Å². The standard InChI is InChI=1S/C64H114O6/c1-4-7-10-13-16-19-22-24-26-28-30-32-34-35-37-39-42-45-48-51-54-57-63(66)69-60-61(59-68-62(65)56-53-50-47-44-41-21-18-15-12-9-6-3)70-64(67)58-55-52-49-46-43-40-38-36-33-31-29-27-25-23-20-17-14-11-8-5-2/h7,10,16,19,24,26,30,32,35,37,61H,4-6,8-9,11-15,17-18,20-23,25,27-29,31,33-34,36,38-60H2,1-3H3/b10-7-,19-16-,26-24-,32-30-,37-35-. The molecule has 6 nitrogen and oxygen atoms in total. The maximum atomic E-state index is 12.9. The molecule has 0 aromatic rings. The third kappa shape index (κ3) is 56.0. The molecular formula is C64H114O6. The van der Waals surface area contributed by atoms with Gasteiger partial charge in [0.15, 0.2) is 6.10 Å². The molecule has 1 unspecified atom stereocenters. The normalized spacial score (nSPS) is 12.4. The van der Waals surface area contributed by atoms with Crippen LogP contribution in [-0.4, -0.2) is 37.2 Å². The lowest BCUT2D eigenvalue weighted by molar-refractivity contribution is -0.167. The van der Waals surface area contributed by atoms with E-state index in [1.54, 1.807) is 0 Å². The van der Waals surface area contributed by atoms with Crippen LogP contribution in [0.25, 0.3) is 0 Å². The molecule has 0 saturated heterocycles. The molecule has 0 saturated carbocycles. The number of hydrogen-bond acceptors (Lipinski definition) is 6. The van der Waals surface area contributed by atoms with Crippen LogP contribution < -0.4 is 0 Å². The predicted molar refractivity (Wildman–Crippen MR) is 302 cm³/mol. The molecule has 0 bridgehead atoms. The average Bonchev–Trinajstić information content (AvgIpc) is 3.36. The summed E-state index contributed by atoms with van der Waals surface area (Å²) in [6, 6.07) is 0. The van der Waals surface area contributed by atoms with Gasteiger partial charge in [-0.15, -0.1) is 0 Å². The van der Waals surface area contributed by atoms with Gasteiger partial charge >= 0.3 is 17.9 Å². The molecule has 0 aliphatic heterocycles. The summed E-state index contributed by atoms with van der Waals surface area (Å²) in [6.45, 7) is 6.54. The van der Waals surface area contributed by atoms with Crippen LogP contribution in [0.5, 0.6) is 0 Å². The Labute approximate surface area is 434 Å². The highest BCUT2D eigenvalue weighted by Gasteiger charge is 2.19. The number of carbonyl (C=O) groups is 3. The second-order valence-corrected chi connectivity index (χ2v) is 20.2. The van der Waals surface area contributed by atoms with Crippen molar-refractivity contribution in [1.82, 2.24) is 0 Å². The van der Waals surface area contributed by atoms with Crippen LogP contribution in [0.4, 0.5) is 0 Å². The first kappa shape index (κ1) is 67.1. The molecule has 0 fully saturated rings. The van der Waals surface area contributed by atoms with Crippen molar-refractivity contribution in [1.29, 1.82) is 0 Å². The fraction of sp³-hybridized carbons (Fsp3) is 0.797. The number of ether oxygens (including phenoxy) is 3. The third-order valence-electron chi connectivity index (χ3n) is 13.3. The van der Waals surface area contributed by atoms with E-state index in [1.165, 1.54) is 161 Å². The summed E-state index contributed by atoms with van der Waals surface area (Å²) in [7, 11) is 0. The Bertz CT molecular complexity index is 1260. The van der Waals surface area contributed by atoms with Gasteiger partial charge in [-0.25, -0.2) is 0 Å². The van der Waals surface area contributed by atoms with E-state index in [0.717, 1.165) is 109 Å². The van der Waals surface area contributed by atoms with Gasteiger partial charge in [0.2, 0.25) is 0 Å². The number of carbonyl (C=O) groups excluding carboxylic acids is 3. The molecule has 0 aromatic heterocycles. The van der Waals surface area contributed by atoms with Gasteiger partial charge in [0.05, 0.1) is 0 Å². The lowest BCUT2D eigenvalue weighted by atomic mass is 10.0. The van der Waals surface area contributed by atoms with E-state index in [2.05, 4.69) is 81.5 Å². The zero-order valence-corrected chi connectivity index (χ0v) is 46.5. The van der Waals surface area contributed by atoms with Gasteiger partial charge < -0.3 is 14.2 Å². The molecule has 0 aliphatic rings. The monoisotopic (exact) mass is 979 g/mol. The van der Waals surface area contributed by atoms with Crippen molar-refractivity contribution >= 4 is 17.9 Å². The van der Waals surface area contributed by atoms with Gasteiger partial charge in [-0.2, -0.15) is 0 Å².